The second-order valence-electron chi connectivity index (χ2n) is 5.79. The number of rotatable bonds is 6. The highest BCUT2D eigenvalue weighted by Crippen LogP contribution is 2.28. The van der Waals surface area contributed by atoms with E-state index >= 15 is 0 Å². The van der Waals surface area contributed by atoms with E-state index in [1.807, 2.05) is 13.0 Å². The Balaban J connectivity index is 2.00. The molecule has 2 rings (SSSR count). The highest BCUT2D eigenvalue weighted by atomic mass is 16.5. The molecule has 1 fully saturated rings. The SMILES string of the molecule is CCOc1cc(CNN2C(C)CCCC2C)ccc1OC. The van der Waals surface area contributed by atoms with Gasteiger partial charge in [-0.3, -0.25) is 5.43 Å². The number of benzene rings is 1. The lowest BCUT2D eigenvalue weighted by molar-refractivity contribution is 0.0435. The van der Waals surface area contributed by atoms with Gasteiger partial charge in [-0.1, -0.05) is 12.5 Å². The molecule has 118 valence electrons. The van der Waals surface area contributed by atoms with Gasteiger partial charge in [0.1, 0.15) is 0 Å². The summed E-state index contributed by atoms with van der Waals surface area (Å²) in [6.07, 6.45) is 3.87. The molecule has 0 saturated carbocycles. The maximum atomic E-state index is 5.64. The minimum Gasteiger partial charge on any atom is -0.493 e. The first-order chi connectivity index (χ1) is 10.2. The zero-order chi connectivity index (χ0) is 15.2. The average Bonchev–Trinajstić information content (AvgIpc) is 2.47. The number of methoxy groups -OCH3 is 1. The number of hydrogen-bond donors (Lipinski definition) is 1. The van der Waals surface area contributed by atoms with E-state index in [0.717, 1.165) is 18.0 Å². The van der Waals surface area contributed by atoms with Gasteiger partial charge in [0.2, 0.25) is 0 Å². The Morgan fingerprint density at radius 1 is 1.19 bits per heavy atom. The molecule has 0 bridgehead atoms. The highest BCUT2D eigenvalue weighted by Gasteiger charge is 2.24. The zero-order valence-corrected chi connectivity index (χ0v) is 13.7. The Labute approximate surface area is 128 Å². The summed E-state index contributed by atoms with van der Waals surface area (Å²) in [6.45, 7) is 8.04. The Bertz CT molecular complexity index is 440. The minimum absolute atomic E-state index is 0.596. The van der Waals surface area contributed by atoms with E-state index < -0.39 is 0 Å². The second-order valence-corrected chi connectivity index (χ2v) is 5.79. The van der Waals surface area contributed by atoms with Gasteiger partial charge in [0.05, 0.1) is 13.7 Å². The van der Waals surface area contributed by atoms with E-state index in [9.17, 15) is 0 Å². The van der Waals surface area contributed by atoms with Crippen molar-refractivity contribution in [2.75, 3.05) is 13.7 Å². The molecule has 4 nitrogen and oxygen atoms in total. The Hall–Kier alpha value is -1.26. The number of hydrogen-bond acceptors (Lipinski definition) is 4. The van der Waals surface area contributed by atoms with Crippen molar-refractivity contribution in [1.82, 2.24) is 10.4 Å². The summed E-state index contributed by atoms with van der Waals surface area (Å²) in [5.41, 5.74) is 4.79. The lowest BCUT2D eigenvalue weighted by Crippen LogP contribution is -2.51. The van der Waals surface area contributed by atoms with Crippen LogP contribution < -0.4 is 14.9 Å². The van der Waals surface area contributed by atoms with Crippen molar-refractivity contribution in [2.45, 2.75) is 58.7 Å². The van der Waals surface area contributed by atoms with E-state index in [1.165, 1.54) is 24.8 Å². The summed E-state index contributed by atoms with van der Waals surface area (Å²) in [4.78, 5) is 0. The van der Waals surface area contributed by atoms with Crippen LogP contribution >= 0.6 is 0 Å². The first-order valence-corrected chi connectivity index (χ1v) is 7.97. The molecule has 0 amide bonds. The molecule has 4 heteroatoms. The van der Waals surface area contributed by atoms with Crippen LogP contribution in [-0.2, 0) is 6.54 Å². The number of nitrogens with zero attached hydrogens (tertiary/aromatic N) is 1. The molecule has 1 aromatic rings. The van der Waals surface area contributed by atoms with Crippen LogP contribution in [-0.4, -0.2) is 30.8 Å². The van der Waals surface area contributed by atoms with Crippen molar-refractivity contribution in [2.24, 2.45) is 0 Å². The van der Waals surface area contributed by atoms with Gasteiger partial charge < -0.3 is 9.47 Å². The fourth-order valence-corrected chi connectivity index (χ4v) is 3.01. The molecule has 1 saturated heterocycles. The summed E-state index contributed by atoms with van der Waals surface area (Å²) >= 11 is 0. The summed E-state index contributed by atoms with van der Waals surface area (Å²) < 4.78 is 11.0. The average molecular weight is 292 g/mol. The highest BCUT2D eigenvalue weighted by molar-refractivity contribution is 5.42. The minimum atomic E-state index is 0.596. The third kappa shape index (κ3) is 4.11. The van der Waals surface area contributed by atoms with Crippen LogP contribution in [0.25, 0.3) is 0 Å². The van der Waals surface area contributed by atoms with Crippen LogP contribution in [0.5, 0.6) is 11.5 Å². The van der Waals surface area contributed by atoms with Crippen LogP contribution in [0.4, 0.5) is 0 Å². The van der Waals surface area contributed by atoms with Gasteiger partial charge in [-0.05, 0) is 51.3 Å². The topological polar surface area (TPSA) is 33.7 Å². The number of ether oxygens (including phenoxy) is 2. The molecular weight excluding hydrogens is 264 g/mol. The third-order valence-electron chi connectivity index (χ3n) is 4.19. The molecule has 1 aliphatic heterocycles. The quantitative estimate of drug-likeness (QED) is 0.871. The molecule has 0 spiro atoms. The predicted molar refractivity (Wildman–Crippen MR) is 85.6 cm³/mol. The van der Waals surface area contributed by atoms with Crippen LogP contribution in [0.2, 0.25) is 0 Å². The number of piperidine rings is 1. The predicted octanol–water partition coefficient (Wildman–Crippen LogP) is 3.36. The molecule has 0 aromatic heterocycles. The summed E-state index contributed by atoms with van der Waals surface area (Å²) in [5.74, 6) is 1.61. The van der Waals surface area contributed by atoms with Gasteiger partial charge in [0, 0.05) is 18.6 Å². The fourth-order valence-electron chi connectivity index (χ4n) is 3.01. The van der Waals surface area contributed by atoms with Gasteiger partial charge in [0.25, 0.3) is 0 Å². The van der Waals surface area contributed by atoms with Gasteiger partial charge in [0.15, 0.2) is 11.5 Å². The zero-order valence-electron chi connectivity index (χ0n) is 13.7. The normalized spacial score (nSPS) is 23.0. The molecule has 21 heavy (non-hydrogen) atoms. The van der Waals surface area contributed by atoms with Gasteiger partial charge in [-0.15, -0.1) is 0 Å². The molecule has 0 aliphatic carbocycles. The standard InChI is InChI=1S/C17H28N2O2/c1-5-21-17-11-15(9-10-16(17)20-4)12-18-19-13(2)7-6-8-14(19)3/h9-11,13-14,18H,5-8,12H2,1-4H3. The Morgan fingerprint density at radius 3 is 2.52 bits per heavy atom. The third-order valence-corrected chi connectivity index (χ3v) is 4.19. The molecular formula is C17H28N2O2. The monoisotopic (exact) mass is 292 g/mol. The van der Waals surface area contributed by atoms with Crippen LogP contribution in [0.3, 0.4) is 0 Å². The lowest BCUT2D eigenvalue weighted by Gasteiger charge is -2.39. The fraction of sp³-hybridized carbons (Fsp3) is 0.647. The van der Waals surface area contributed by atoms with Crippen LogP contribution in [0.15, 0.2) is 18.2 Å². The molecule has 1 aromatic carbocycles. The van der Waals surface area contributed by atoms with Gasteiger partial charge in [-0.2, -0.15) is 0 Å². The van der Waals surface area contributed by atoms with E-state index in [1.54, 1.807) is 7.11 Å². The van der Waals surface area contributed by atoms with Crippen molar-refractivity contribution in [3.05, 3.63) is 23.8 Å². The second kappa shape index (κ2) is 7.66. The van der Waals surface area contributed by atoms with E-state index in [2.05, 4.69) is 36.4 Å². The Kier molecular flexibility index (Phi) is 5.88. The Morgan fingerprint density at radius 2 is 1.90 bits per heavy atom. The molecule has 2 atom stereocenters. The van der Waals surface area contributed by atoms with E-state index in [0.29, 0.717) is 18.7 Å². The smallest absolute Gasteiger partial charge is 0.161 e. The molecule has 0 radical (unpaired) electrons. The summed E-state index contributed by atoms with van der Waals surface area (Å²) in [6, 6.07) is 7.32. The van der Waals surface area contributed by atoms with Gasteiger partial charge in [-0.25, -0.2) is 5.01 Å². The lowest BCUT2D eigenvalue weighted by atomic mass is 10.00. The van der Waals surface area contributed by atoms with Crippen molar-refractivity contribution in [1.29, 1.82) is 0 Å². The van der Waals surface area contributed by atoms with Crippen molar-refractivity contribution in [3.8, 4) is 11.5 Å². The maximum absolute atomic E-state index is 5.64. The first-order valence-electron chi connectivity index (χ1n) is 7.97. The number of nitrogens with one attached hydrogen (secondary N) is 1. The summed E-state index contributed by atoms with van der Waals surface area (Å²) in [7, 11) is 1.67. The van der Waals surface area contributed by atoms with Gasteiger partial charge >= 0.3 is 0 Å². The molecule has 1 aliphatic rings. The van der Waals surface area contributed by atoms with Crippen molar-refractivity contribution in [3.63, 3.8) is 0 Å². The largest absolute Gasteiger partial charge is 0.493 e. The molecule has 1 heterocycles. The van der Waals surface area contributed by atoms with Crippen molar-refractivity contribution < 1.29 is 9.47 Å². The van der Waals surface area contributed by atoms with E-state index in [4.69, 9.17) is 9.47 Å². The maximum Gasteiger partial charge on any atom is 0.161 e. The first kappa shape index (κ1) is 16.1. The van der Waals surface area contributed by atoms with Crippen LogP contribution in [0.1, 0.15) is 45.6 Å². The number of hydrazine groups is 1. The summed E-state index contributed by atoms with van der Waals surface area (Å²) in [5, 5.41) is 2.40. The molecule has 1 N–H and O–H groups in total. The van der Waals surface area contributed by atoms with Crippen LogP contribution in [0, 0.1) is 0 Å². The van der Waals surface area contributed by atoms with Crippen molar-refractivity contribution >= 4 is 0 Å². The van der Waals surface area contributed by atoms with E-state index in [-0.39, 0.29) is 0 Å². The molecule has 2 unspecified atom stereocenters.